The van der Waals surface area contributed by atoms with Crippen molar-refractivity contribution in [3.63, 3.8) is 0 Å². The van der Waals surface area contributed by atoms with Crippen molar-refractivity contribution in [2.24, 2.45) is 0 Å². The summed E-state index contributed by atoms with van der Waals surface area (Å²) in [7, 11) is 2.12. The van der Waals surface area contributed by atoms with Gasteiger partial charge in [-0.1, -0.05) is 0 Å². The molecule has 0 radical (unpaired) electrons. The van der Waals surface area contributed by atoms with Gasteiger partial charge in [-0.15, -0.1) is 0 Å². The van der Waals surface area contributed by atoms with Crippen molar-refractivity contribution in [2.75, 3.05) is 33.2 Å². The molecule has 2 heterocycles. The quantitative estimate of drug-likeness (QED) is 0.828. The fraction of sp³-hybridized carbons (Fsp3) is 0.500. The summed E-state index contributed by atoms with van der Waals surface area (Å²) in [5, 5.41) is 8.77. The van der Waals surface area contributed by atoms with Crippen LogP contribution in [0.4, 0.5) is 0 Å². The van der Waals surface area contributed by atoms with E-state index in [1.807, 2.05) is 0 Å². The van der Waals surface area contributed by atoms with Gasteiger partial charge in [-0.05, 0) is 19.2 Å². The Hall–Kier alpha value is -1.46. The van der Waals surface area contributed by atoms with Crippen LogP contribution in [0.5, 0.6) is 0 Å². The Labute approximate surface area is 101 Å². The Balaban J connectivity index is 1.92. The van der Waals surface area contributed by atoms with Crippen LogP contribution in [-0.4, -0.2) is 59.1 Å². The Morgan fingerprint density at radius 1 is 1.35 bits per heavy atom. The third kappa shape index (κ3) is 3.25. The minimum atomic E-state index is -0.927. The molecule has 0 saturated carbocycles. The summed E-state index contributed by atoms with van der Waals surface area (Å²) < 4.78 is 0. The molecule has 0 atom stereocenters. The molecule has 1 N–H and O–H groups in total. The van der Waals surface area contributed by atoms with Crippen LogP contribution < -0.4 is 0 Å². The normalized spacial score (nSPS) is 18.2. The Bertz CT molecular complexity index is 383. The first kappa shape index (κ1) is 12.0. The zero-order chi connectivity index (χ0) is 12.3. The van der Waals surface area contributed by atoms with Crippen LogP contribution in [0, 0.1) is 0 Å². The number of likely N-dealkylation sites (N-methyl/N-ethyl adjacent to an activating group) is 1. The highest BCUT2D eigenvalue weighted by atomic mass is 16.4. The molecule has 2 rings (SSSR count). The van der Waals surface area contributed by atoms with Gasteiger partial charge in [0.1, 0.15) is 0 Å². The number of hydrogen-bond acceptors (Lipinski definition) is 4. The van der Waals surface area contributed by atoms with E-state index in [2.05, 4.69) is 21.8 Å². The van der Waals surface area contributed by atoms with Crippen LogP contribution in [0.2, 0.25) is 0 Å². The Morgan fingerprint density at radius 2 is 2.06 bits per heavy atom. The first-order chi connectivity index (χ1) is 8.15. The number of pyridine rings is 1. The molecule has 1 aliphatic rings. The number of carboxylic acid groups (broad SMARTS) is 1. The lowest BCUT2D eigenvalue weighted by Crippen LogP contribution is -2.44. The first-order valence-corrected chi connectivity index (χ1v) is 5.74. The standard InChI is InChI=1S/C12H17N3O2/c1-14-4-6-15(7-5-14)9-11-3-2-10(8-13-11)12(16)17/h2-3,8H,4-7,9H2,1H3,(H,16,17). The molecule has 0 aliphatic carbocycles. The Kier molecular flexibility index (Phi) is 3.71. The maximum Gasteiger partial charge on any atom is 0.337 e. The Morgan fingerprint density at radius 3 is 2.59 bits per heavy atom. The van der Waals surface area contributed by atoms with Crippen LogP contribution in [0.3, 0.4) is 0 Å². The maximum absolute atomic E-state index is 10.7. The molecular formula is C12H17N3O2. The number of nitrogens with zero attached hydrogens (tertiary/aromatic N) is 3. The molecule has 0 aromatic carbocycles. The van der Waals surface area contributed by atoms with Crippen LogP contribution in [0.25, 0.3) is 0 Å². The molecule has 0 spiro atoms. The molecule has 0 unspecified atom stereocenters. The second kappa shape index (κ2) is 5.25. The van der Waals surface area contributed by atoms with E-state index in [1.54, 1.807) is 12.1 Å². The predicted octanol–water partition coefficient (Wildman–Crippen LogP) is 0.527. The highest BCUT2D eigenvalue weighted by Crippen LogP contribution is 2.06. The molecule has 1 aromatic rings. The van der Waals surface area contributed by atoms with Gasteiger partial charge >= 0.3 is 5.97 Å². The summed E-state index contributed by atoms with van der Waals surface area (Å²) in [5.41, 5.74) is 1.17. The molecule has 1 aliphatic heterocycles. The van der Waals surface area contributed by atoms with Gasteiger partial charge in [-0.2, -0.15) is 0 Å². The zero-order valence-corrected chi connectivity index (χ0v) is 9.96. The monoisotopic (exact) mass is 235 g/mol. The molecule has 1 aromatic heterocycles. The smallest absolute Gasteiger partial charge is 0.337 e. The number of aromatic carboxylic acids is 1. The van der Waals surface area contributed by atoms with E-state index >= 15 is 0 Å². The molecule has 1 saturated heterocycles. The average molecular weight is 235 g/mol. The molecule has 0 bridgehead atoms. The molecule has 5 nitrogen and oxygen atoms in total. The summed E-state index contributed by atoms with van der Waals surface area (Å²) >= 11 is 0. The second-order valence-corrected chi connectivity index (χ2v) is 4.42. The molecule has 5 heteroatoms. The zero-order valence-electron chi connectivity index (χ0n) is 9.96. The number of carbonyl (C=O) groups is 1. The number of piperazine rings is 1. The lowest BCUT2D eigenvalue weighted by molar-refractivity contribution is 0.0696. The number of hydrogen-bond donors (Lipinski definition) is 1. The lowest BCUT2D eigenvalue weighted by atomic mass is 10.2. The molecular weight excluding hydrogens is 218 g/mol. The van der Waals surface area contributed by atoms with Crippen molar-refractivity contribution in [3.8, 4) is 0 Å². The van der Waals surface area contributed by atoms with Crippen LogP contribution in [0.1, 0.15) is 16.1 Å². The van der Waals surface area contributed by atoms with Crippen molar-refractivity contribution < 1.29 is 9.90 Å². The van der Waals surface area contributed by atoms with Gasteiger partial charge in [-0.3, -0.25) is 9.88 Å². The van der Waals surface area contributed by atoms with Gasteiger partial charge in [0, 0.05) is 38.9 Å². The highest BCUT2D eigenvalue weighted by Gasteiger charge is 2.14. The van der Waals surface area contributed by atoms with Gasteiger partial charge in [0.25, 0.3) is 0 Å². The molecule has 92 valence electrons. The fourth-order valence-electron chi connectivity index (χ4n) is 1.88. The van der Waals surface area contributed by atoms with Crippen molar-refractivity contribution in [2.45, 2.75) is 6.54 Å². The fourth-order valence-corrected chi connectivity index (χ4v) is 1.88. The largest absolute Gasteiger partial charge is 0.478 e. The van der Waals surface area contributed by atoms with E-state index in [4.69, 9.17) is 5.11 Å². The van der Waals surface area contributed by atoms with Gasteiger partial charge < -0.3 is 10.0 Å². The number of aromatic nitrogens is 1. The van der Waals surface area contributed by atoms with E-state index < -0.39 is 5.97 Å². The average Bonchev–Trinajstić information content (AvgIpc) is 2.33. The summed E-state index contributed by atoms with van der Waals surface area (Å²) in [5.74, 6) is -0.927. The van der Waals surface area contributed by atoms with Crippen molar-refractivity contribution in [3.05, 3.63) is 29.6 Å². The summed E-state index contributed by atoms with van der Waals surface area (Å²) in [6, 6.07) is 3.41. The molecule has 0 amide bonds. The summed E-state index contributed by atoms with van der Waals surface area (Å²) in [6.45, 7) is 5.03. The van der Waals surface area contributed by atoms with Gasteiger partial charge in [0.2, 0.25) is 0 Å². The number of rotatable bonds is 3. The van der Waals surface area contributed by atoms with E-state index in [0.717, 1.165) is 38.4 Å². The second-order valence-electron chi connectivity index (χ2n) is 4.42. The minimum Gasteiger partial charge on any atom is -0.478 e. The highest BCUT2D eigenvalue weighted by molar-refractivity contribution is 5.87. The predicted molar refractivity (Wildman–Crippen MR) is 64.0 cm³/mol. The third-order valence-corrected chi connectivity index (χ3v) is 3.05. The topological polar surface area (TPSA) is 56.7 Å². The first-order valence-electron chi connectivity index (χ1n) is 5.74. The minimum absolute atomic E-state index is 0.243. The van der Waals surface area contributed by atoms with Crippen LogP contribution >= 0.6 is 0 Å². The summed E-state index contributed by atoms with van der Waals surface area (Å²) in [4.78, 5) is 19.5. The van der Waals surface area contributed by atoms with Crippen molar-refractivity contribution in [1.82, 2.24) is 14.8 Å². The van der Waals surface area contributed by atoms with Crippen LogP contribution in [0.15, 0.2) is 18.3 Å². The van der Waals surface area contributed by atoms with E-state index in [0.29, 0.717) is 0 Å². The SMILES string of the molecule is CN1CCN(Cc2ccc(C(=O)O)cn2)CC1. The van der Waals surface area contributed by atoms with Crippen LogP contribution in [-0.2, 0) is 6.54 Å². The third-order valence-electron chi connectivity index (χ3n) is 3.05. The van der Waals surface area contributed by atoms with Gasteiger partial charge in [-0.25, -0.2) is 4.79 Å². The maximum atomic E-state index is 10.7. The van der Waals surface area contributed by atoms with Crippen molar-refractivity contribution in [1.29, 1.82) is 0 Å². The van der Waals surface area contributed by atoms with Gasteiger partial charge in [0.05, 0.1) is 11.3 Å². The van der Waals surface area contributed by atoms with E-state index in [9.17, 15) is 4.79 Å². The lowest BCUT2D eigenvalue weighted by Gasteiger charge is -2.32. The molecule has 1 fully saturated rings. The molecule has 17 heavy (non-hydrogen) atoms. The van der Waals surface area contributed by atoms with E-state index in [1.165, 1.54) is 6.20 Å². The number of carboxylic acids is 1. The van der Waals surface area contributed by atoms with Gasteiger partial charge in [0.15, 0.2) is 0 Å². The van der Waals surface area contributed by atoms with Crippen molar-refractivity contribution >= 4 is 5.97 Å². The summed E-state index contributed by atoms with van der Waals surface area (Å²) in [6.07, 6.45) is 1.42. The van der Waals surface area contributed by atoms with E-state index in [-0.39, 0.29) is 5.56 Å².